The standard InChI is InChI=1S/C18H27ClN2O3/c19-17-13-15(1-2-18(17)22)14-21-7-5-20(6-8-21)9-12-24-16-3-10-23-11-4-16/h1-2,13,16,22H,3-12,14H2. The van der Waals surface area contributed by atoms with Crippen LogP contribution in [0.25, 0.3) is 0 Å². The molecule has 5 nitrogen and oxygen atoms in total. The van der Waals surface area contributed by atoms with Crippen LogP contribution in [0.1, 0.15) is 18.4 Å². The summed E-state index contributed by atoms with van der Waals surface area (Å²) in [5.74, 6) is 0.148. The second kappa shape index (κ2) is 9.02. The first kappa shape index (κ1) is 18.0. The van der Waals surface area contributed by atoms with Crippen LogP contribution in [0, 0.1) is 0 Å². The van der Waals surface area contributed by atoms with Gasteiger partial charge in [-0.05, 0) is 30.5 Å². The van der Waals surface area contributed by atoms with Gasteiger partial charge in [-0.3, -0.25) is 9.80 Å². The van der Waals surface area contributed by atoms with E-state index in [1.807, 2.05) is 12.1 Å². The van der Waals surface area contributed by atoms with E-state index in [9.17, 15) is 5.11 Å². The van der Waals surface area contributed by atoms with Crippen LogP contribution in [-0.4, -0.2) is 73.6 Å². The Hall–Kier alpha value is -0.850. The van der Waals surface area contributed by atoms with E-state index in [1.54, 1.807) is 6.07 Å². The number of aromatic hydroxyl groups is 1. The highest BCUT2D eigenvalue weighted by Gasteiger charge is 2.18. The predicted octanol–water partition coefficient (Wildman–Crippen LogP) is 2.36. The van der Waals surface area contributed by atoms with Crippen molar-refractivity contribution in [3.63, 3.8) is 0 Å². The average molecular weight is 355 g/mol. The van der Waals surface area contributed by atoms with E-state index in [4.69, 9.17) is 21.1 Å². The molecule has 0 saturated carbocycles. The number of phenolic OH excluding ortho intramolecular Hbond substituents is 1. The number of phenols is 1. The van der Waals surface area contributed by atoms with Gasteiger partial charge in [0.05, 0.1) is 17.7 Å². The van der Waals surface area contributed by atoms with Crippen molar-refractivity contribution in [2.24, 2.45) is 0 Å². The van der Waals surface area contributed by atoms with Crippen molar-refractivity contribution in [1.29, 1.82) is 0 Å². The van der Waals surface area contributed by atoms with Crippen molar-refractivity contribution in [1.82, 2.24) is 9.80 Å². The molecule has 2 fully saturated rings. The fourth-order valence-electron chi connectivity index (χ4n) is 3.27. The molecule has 0 amide bonds. The Morgan fingerprint density at radius 3 is 2.54 bits per heavy atom. The highest BCUT2D eigenvalue weighted by atomic mass is 35.5. The van der Waals surface area contributed by atoms with Crippen molar-refractivity contribution in [3.8, 4) is 5.75 Å². The Morgan fingerprint density at radius 2 is 1.83 bits per heavy atom. The molecule has 0 unspecified atom stereocenters. The lowest BCUT2D eigenvalue weighted by molar-refractivity contribution is -0.0392. The summed E-state index contributed by atoms with van der Waals surface area (Å²) in [5, 5.41) is 9.92. The number of hydrogen-bond acceptors (Lipinski definition) is 5. The lowest BCUT2D eigenvalue weighted by Gasteiger charge is -2.35. The molecule has 0 bridgehead atoms. The van der Waals surface area contributed by atoms with Gasteiger partial charge in [-0.1, -0.05) is 17.7 Å². The van der Waals surface area contributed by atoms with E-state index in [-0.39, 0.29) is 5.75 Å². The summed E-state index contributed by atoms with van der Waals surface area (Å²) < 4.78 is 11.3. The monoisotopic (exact) mass is 354 g/mol. The summed E-state index contributed by atoms with van der Waals surface area (Å²) in [5.41, 5.74) is 1.15. The van der Waals surface area contributed by atoms with E-state index in [0.29, 0.717) is 11.1 Å². The molecule has 0 aromatic heterocycles. The number of ether oxygens (including phenoxy) is 2. The van der Waals surface area contributed by atoms with E-state index < -0.39 is 0 Å². The summed E-state index contributed by atoms with van der Waals surface area (Å²) in [4.78, 5) is 4.90. The third kappa shape index (κ3) is 5.33. The van der Waals surface area contributed by atoms with E-state index >= 15 is 0 Å². The molecule has 2 aliphatic rings. The number of hydrogen-bond donors (Lipinski definition) is 1. The Kier molecular flexibility index (Phi) is 6.75. The molecule has 0 spiro atoms. The third-order valence-electron chi connectivity index (χ3n) is 4.81. The summed E-state index contributed by atoms with van der Waals surface area (Å²) in [6.07, 6.45) is 2.45. The van der Waals surface area contributed by atoms with Crippen LogP contribution in [0.4, 0.5) is 0 Å². The van der Waals surface area contributed by atoms with Crippen LogP contribution in [0.2, 0.25) is 5.02 Å². The maximum absolute atomic E-state index is 9.49. The number of nitrogens with zero attached hydrogens (tertiary/aromatic N) is 2. The number of piperazine rings is 1. The molecule has 0 radical (unpaired) electrons. The Balaban J connectivity index is 1.34. The molecule has 0 aliphatic carbocycles. The molecule has 3 rings (SSSR count). The summed E-state index contributed by atoms with van der Waals surface area (Å²) in [6, 6.07) is 5.46. The summed E-state index contributed by atoms with van der Waals surface area (Å²) >= 11 is 5.98. The van der Waals surface area contributed by atoms with Crippen molar-refractivity contribution >= 4 is 11.6 Å². The molecular weight excluding hydrogens is 328 g/mol. The minimum atomic E-state index is 0.148. The fourth-order valence-corrected chi connectivity index (χ4v) is 3.47. The zero-order valence-electron chi connectivity index (χ0n) is 14.1. The highest BCUT2D eigenvalue weighted by molar-refractivity contribution is 6.32. The first-order valence-corrected chi connectivity index (χ1v) is 9.20. The lowest BCUT2D eigenvalue weighted by Crippen LogP contribution is -2.47. The van der Waals surface area contributed by atoms with Gasteiger partial charge in [0, 0.05) is 52.5 Å². The normalized spacial score (nSPS) is 21.2. The quantitative estimate of drug-likeness (QED) is 0.849. The Labute approximate surface area is 149 Å². The van der Waals surface area contributed by atoms with E-state index in [1.165, 1.54) is 0 Å². The summed E-state index contributed by atoms with van der Waals surface area (Å²) in [6.45, 7) is 8.63. The lowest BCUT2D eigenvalue weighted by atomic mass is 10.1. The van der Waals surface area contributed by atoms with Gasteiger partial charge in [0.1, 0.15) is 5.75 Å². The minimum Gasteiger partial charge on any atom is -0.506 e. The van der Waals surface area contributed by atoms with Crippen LogP contribution in [0.3, 0.4) is 0 Å². The topological polar surface area (TPSA) is 45.2 Å². The zero-order valence-corrected chi connectivity index (χ0v) is 14.9. The molecule has 1 aromatic rings. The second-order valence-electron chi connectivity index (χ2n) is 6.59. The van der Waals surface area contributed by atoms with Crippen LogP contribution in [0.15, 0.2) is 18.2 Å². The largest absolute Gasteiger partial charge is 0.506 e. The molecule has 134 valence electrons. The second-order valence-corrected chi connectivity index (χ2v) is 6.99. The molecule has 2 aliphatic heterocycles. The zero-order chi connectivity index (χ0) is 16.8. The Bertz CT molecular complexity index is 515. The molecule has 1 N–H and O–H groups in total. The fraction of sp³-hybridized carbons (Fsp3) is 0.667. The van der Waals surface area contributed by atoms with Crippen molar-refractivity contribution in [2.75, 3.05) is 52.5 Å². The van der Waals surface area contributed by atoms with Gasteiger partial charge in [0.2, 0.25) is 0 Å². The van der Waals surface area contributed by atoms with Crippen molar-refractivity contribution in [3.05, 3.63) is 28.8 Å². The summed E-state index contributed by atoms with van der Waals surface area (Å²) in [7, 11) is 0. The van der Waals surface area contributed by atoms with Crippen LogP contribution in [0.5, 0.6) is 5.75 Å². The van der Waals surface area contributed by atoms with Crippen LogP contribution in [-0.2, 0) is 16.0 Å². The number of benzene rings is 1. The molecule has 24 heavy (non-hydrogen) atoms. The highest BCUT2D eigenvalue weighted by Crippen LogP contribution is 2.24. The van der Waals surface area contributed by atoms with Gasteiger partial charge in [-0.25, -0.2) is 0 Å². The minimum absolute atomic E-state index is 0.148. The van der Waals surface area contributed by atoms with Gasteiger partial charge in [0.25, 0.3) is 0 Å². The Morgan fingerprint density at radius 1 is 1.12 bits per heavy atom. The first-order valence-electron chi connectivity index (χ1n) is 8.82. The van der Waals surface area contributed by atoms with E-state index in [0.717, 1.165) is 77.5 Å². The van der Waals surface area contributed by atoms with E-state index in [2.05, 4.69) is 9.80 Å². The van der Waals surface area contributed by atoms with Gasteiger partial charge in [-0.2, -0.15) is 0 Å². The maximum atomic E-state index is 9.49. The first-order chi connectivity index (χ1) is 11.7. The smallest absolute Gasteiger partial charge is 0.134 e. The molecule has 6 heteroatoms. The van der Waals surface area contributed by atoms with Crippen LogP contribution < -0.4 is 0 Å². The number of rotatable bonds is 6. The predicted molar refractivity (Wildman–Crippen MR) is 94.6 cm³/mol. The maximum Gasteiger partial charge on any atom is 0.134 e. The van der Waals surface area contributed by atoms with Crippen molar-refractivity contribution < 1.29 is 14.6 Å². The molecule has 1 aromatic carbocycles. The molecular formula is C18H27ClN2O3. The third-order valence-corrected chi connectivity index (χ3v) is 5.12. The number of halogens is 1. The molecule has 0 atom stereocenters. The average Bonchev–Trinajstić information content (AvgIpc) is 2.61. The van der Waals surface area contributed by atoms with Crippen LogP contribution >= 0.6 is 11.6 Å². The SMILES string of the molecule is Oc1ccc(CN2CCN(CCOC3CCOCC3)CC2)cc1Cl. The van der Waals surface area contributed by atoms with Crippen molar-refractivity contribution in [2.45, 2.75) is 25.5 Å². The van der Waals surface area contributed by atoms with Gasteiger partial charge in [-0.15, -0.1) is 0 Å². The molecule has 2 saturated heterocycles. The molecule has 2 heterocycles. The van der Waals surface area contributed by atoms with Gasteiger partial charge in [0.15, 0.2) is 0 Å². The van der Waals surface area contributed by atoms with Gasteiger partial charge < -0.3 is 14.6 Å². The van der Waals surface area contributed by atoms with Gasteiger partial charge >= 0.3 is 0 Å².